The van der Waals surface area contributed by atoms with Crippen molar-refractivity contribution in [2.75, 3.05) is 26.8 Å². The van der Waals surface area contributed by atoms with Crippen molar-refractivity contribution in [3.05, 3.63) is 47.8 Å². The third-order valence-electron chi connectivity index (χ3n) is 4.43. The molecule has 0 radical (unpaired) electrons. The van der Waals surface area contributed by atoms with E-state index in [2.05, 4.69) is 5.10 Å². The molecule has 25 heavy (non-hydrogen) atoms. The molecule has 0 spiro atoms. The Morgan fingerprint density at radius 1 is 1.36 bits per heavy atom. The van der Waals surface area contributed by atoms with Crippen LogP contribution in [0.15, 0.2) is 36.7 Å². The lowest BCUT2D eigenvalue weighted by Gasteiger charge is -2.33. The first-order valence-corrected chi connectivity index (χ1v) is 8.65. The lowest BCUT2D eigenvalue weighted by atomic mass is 10.1. The highest BCUT2D eigenvalue weighted by Gasteiger charge is 2.26. The molecule has 1 saturated heterocycles. The Morgan fingerprint density at radius 2 is 2.12 bits per heavy atom. The van der Waals surface area contributed by atoms with E-state index in [9.17, 15) is 4.79 Å². The molecule has 1 amide bonds. The summed E-state index contributed by atoms with van der Waals surface area (Å²) in [7, 11) is 1.66. The number of methoxy groups -OCH3 is 1. The fraction of sp³-hybridized carbons (Fsp3) is 0.474. The zero-order valence-electron chi connectivity index (χ0n) is 15.0. The summed E-state index contributed by atoms with van der Waals surface area (Å²) in [6.45, 7) is 5.86. The van der Waals surface area contributed by atoms with Gasteiger partial charge in [-0.2, -0.15) is 5.10 Å². The van der Waals surface area contributed by atoms with Gasteiger partial charge in [-0.3, -0.25) is 9.48 Å². The van der Waals surface area contributed by atoms with Gasteiger partial charge >= 0.3 is 0 Å². The van der Waals surface area contributed by atoms with E-state index >= 15 is 0 Å². The Hall–Kier alpha value is -2.34. The second-order valence-electron chi connectivity index (χ2n) is 6.60. The molecule has 2 heterocycles. The van der Waals surface area contributed by atoms with Crippen LogP contribution < -0.4 is 4.74 Å². The van der Waals surface area contributed by atoms with E-state index in [4.69, 9.17) is 9.47 Å². The lowest BCUT2D eigenvalue weighted by Crippen LogP contribution is -2.46. The molecular formula is C19H25N3O3. The number of hydrogen-bond donors (Lipinski definition) is 0. The van der Waals surface area contributed by atoms with Crippen LogP contribution in [-0.2, 0) is 11.2 Å². The Labute approximate surface area is 148 Å². The molecule has 1 aromatic heterocycles. The summed E-state index contributed by atoms with van der Waals surface area (Å²) in [5, 5.41) is 4.26. The molecule has 6 nitrogen and oxygen atoms in total. The van der Waals surface area contributed by atoms with Gasteiger partial charge in [0.1, 0.15) is 5.75 Å². The van der Waals surface area contributed by atoms with Crippen LogP contribution in [0.2, 0.25) is 0 Å². The number of ether oxygens (including phenoxy) is 2. The average Bonchev–Trinajstić information content (AvgIpc) is 3.12. The molecule has 0 N–H and O–H groups in total. The monoisotopic (exact) mass is 343 g/mol. The van der Waals surface area contributed by atoms with Gasteiger partial charge < -0.3 is 14.4 Å². The second kappa shape index (κ2) is 7.70. The normalized spacial score (nSPS) is 17.8. The number of carbonyl (C=O) groups excluding carboxylic acids is 1. The minimum atomic E-state index is 0.00578. The fourth-order valence-corrected chi connectivity index (χ4v) is 2.97. The van der Waals surface area contributed by atoms with E-state index in [1.54, 1.807) is 13.3 Å². The minimum Gasteiger partial charge on any atom is -0.497 e. The van der Waals surface area contributed by atoms with E-state index in [0.29, 0.717) is 25.3 Å². The Morgan fingerprint density at radius 3 is 2.76 bits per heavy atom. The third-order valence-corrected chi connectivity index (χ3v) is 4.43. The summed E-state index contributed by atoms with van der Waals surface area (Å²) in [6, 6.07) is 8.21. The van der Waals surface area contributed by atoms with Gasteiger partial charge in [0.05, 0.1) is 31.6 Å². The van der Waals surface area contributed by atoms with Crippen LogP contribution in [0.4, 0.5) is 0 Å². The molecule has 2 aromatic rings. The van der Waals surface area contributed by atoms with Gasteiger partial charge in [0.2, 0.25) is 0 Å². The van der Waals surface area contributed by atoms with Gasteiger partial charge in [-0.1, -0.05) is 12.1 Å². The van der Waals surface area contributed by atoms with Crippen molar-refractivity contribution >= 4 is 5.91 Å². The number of nitrogens with zero attached hydrogens (tertiary/aromatic N) is 3. The van der Waals surface area contributed by atoms with Crippen molar-refractivity contribution in [1.82, 2.24) is 14.7 Å². The second-order valence-corrected chi connectivity index (χ2v) is 6.60. The Balaban J connectivity index is 1.62. The molecular weight excluding hydrogens is 318 g/mol. The highest BCUT2D eigenvalue weighted by atomic mass is 16.5. The molecule has 0 aliphatic carbocycles. The van der Waals surface area contributed by atoms with Gasteiger partial charge in [-0.25, -0.2) is 0 Å². The van der Waals surface area contributed by atoms with Crippen molar-refractivity contribution in [2.45, 2.75) is 32.4 Å². The smallest absolute Gasteiger partial charge is 0.257 e. The molecule has 6 heteroatoms. The molecule has 134 valence electrons. The molecule has 0 saturated carbocycles. The van der Waals surface area contributed by atoms with Gasteiger partial charge in [0.25, 0.3) is 5.91 Å². The highest BCUT2D eigenvalue weighted by molar-refractivity contribution is 5.93. The van der Waals surface area contributed by atoms with Crippen LogP contribution in [0.1, 0.15) is 35.8 Å². The van der Waals surface area contributed by atoms with Crippen LogP contribution in [0.25, 0.3) is 0 Å². The fourth-order valence-electron chi connectivity index (χ4n) is 2.97. The van der Waals surface area contributed by atoms with E-state index in [-0.39, 0.29) is 18.1 Å². The average molecular weight is 343 g/mol. The summed E-state index contributed by atoms with van der Waals surface area (Å²) in [5.74, 6) is 0.863. The summed E-state index contributed by atoms with van der Waals surface area (Å²) >= 11 is 0. The van der Waals surface area contributed by atoms with Crippen LogP contribution in [-0.4, -0.2) is 53.5 Å². The zero-order valence-corrected chi connectivity index (χ0v) is 15.0. The maximum absolute atomic E-state index is 12.7. The van der Waals surface area contributed by atoms with E-state index < -0.39 is 0 Å². The standard InChI is InChI=1S/C19H25N3O3/c1-14(2)22-12-16(11-20-22)19(23)21-8-9-25-18(13-21)10-15-4-6-17(24-3)7-5-15/h4-7,11-12,14,18H,8-10,13H2,1-3H3/t18-/m0/s1. The number of aromatic nitrogens is 2. The van der Waals surface area contributed by atoms with Crippen LogP contribution >= 0.6 is 0 Å². The van der Waals surface area contributed by atoms with Crippen LogP contribution in [0, 0.1) is 0 Å². The lowest BCUT2D eigenvalue weighted by molar-refractivity contribution is -0.0208. The van der Waals surface area contributed by atoms with E-state index in [0.717, 1.165) is 12.2 Å². The first kappa shape index (κ1) is 17.5. The largest absolute Gasteiger partial charge is 0.497 e. The third kappa shape index (κ3) is 4.20. The van der Waals surface area contributed by atoms with Gasteiger partial charge in [0.15, 0.2) is 0 Å². The van der Waals surface area contributed by atoms with Gasteiger partial charge in [-0.15, -0.1) is 0 Å². The number of rotatable bonds is 5. The van der Waals surface area contributed by atoms with Crippen molar-refractivity contribution in [3.8, 4) is 5.75 Å². The molecule has 0 bridgehead atoms. The van der Waals surface area contributed by atoms with Crippen LogP contribution in [0.5, 0.6) is 5.75 Å². The molecule has 0 unspecified atom stereocenters. The number of carbonyl (C=O) groups is 1. The van der Waals surface area contributed by atoms with Gasteiger partial charge in [-0.05, 0) is 31.5 Å². The molecule has 1 fully saturated rings. The van der Waals surface area contributed by atoms with Crippen molar-refractivity contribution in [3.63, 3.8) is 0 Å². The summed E-state index contributed by atoms with van der Waals surface area (Å²) in [5.41, 5.74) is 1.81. The van der Waals surface area contributed by atoms with Crippen molar-refractivity contribution in [2.24, 2.45) is 0 Å². The van der Waals surface area contributed by atoms with Crippen molar-refractivity contribution in [1.29, 1.82) is 0 Å². The molecule has 1 aromatic carbocycles. The Kier molecular flexibility index (Phi) is 5.38. The zero-order chi connectivity index (χ0) is 17.8. The SMILES string of the molecule is COc1ccc(C[C@H]2CN(C(=O)c3cnn(C(C)C)c3)CCO2)cc1. The molecule has 1 atom stereocenters. The van der Waals surface area contributed by atoms with Crippen molar-refractivity contribution < 1.29 is 14.3 Å². The highest BCUT2D eigenvalue weighted by Crippen LogP contribution is 2.17. The van der Waals surface area contributed by atoms with E-state index in [1.165, 1.54) is 5.56 Å². The predicted octanol–water partition coefficient (Wildman–Crippen LogP) is 2.56. The predicted molar refractivity (Wildman–Crippen MR) is 95.0 cm³/mol. The van der Waals surface area contributed by atoms with Crippen LogP contribution in [0.3, 0.4) is 0 Å². The van der Waals surface area contributed by atoms with Gasteiger partial charge in [0, 0.05) is 31.7 Å². The summed E-state index contributed by atoms with van der Waals surface area (Å²) in [4.78, 5) is 14.6. The summed E-state index contributed by atoms with van der Waals surface area (Å²) < 4.78 is 12.8. The molecule has 1 aliphatic rings. The summed E-state index contributed by atoms with van der Waals surface area (Å²) in [6.07, 6.45) is 4.25. The Bertz CT molecular complexity index is 709. The molecule has 1 aliphatic heterocycles. The maximum atomic E-state index is 12.7. The maximum Gasteiger partial charge on any atom is 0.257 e. The number of hydrogen-bond acceptors (Lipinski definition) is 4. The number of morpholine rings is 1. The number of benzene rings is 1. The minimum absolute atomic E-state index is 0.00578. The van der Waals surface area contributed by atoms with E-state index in [1.807, 2.05) is 53.9 Å². The quantitative estimate of drug-likeness (QED) is 0.837. The first-order valence-electron chi connectivity index (χ1n) is 8.65. The number of amides is 1. The molecule has 3 rings (SSSR count). The first-order chi connectivity index (χ1) is 12.1. The topological polar surface area (TPSA) is 56.6 Å².